The van der Waals surface area contributed by atoms with Gasteiger partial charge in [0.15, 0.2) is 0 Å². The molecular formula is C21H22Cl2N2O4. The number of nitrogens with one attached hydrogen (secondary N) is 2. The number of ether oxygens (including phenoxy) is 1. The van der Waals surface area contributed by atoms with E-state index in [1.54, 1.807) is 18.2 Å². The minimum Gasteiger partial charge on any atom is -0.492 e. The number of pyridine rings is 1. The van der Waals surface area contributed by atoms with Crippen molar-refractivity contribution in [2.45, 2.75) is 31.7 Å². The molecule has 0 radical (unpaired) electrons. The van der Waals surface area contributed by atoms with Gasteiger partial charge < -0.3 is 20.1 Å². The van der Waals surface area contributed by atoms with Crippen LogP contribution in [0.25, 0.3) is 5.57 Å². The highest BCUT2D eigenvalue weighted by molar-refractivity contribution is 6.32. The minimum atomic E-state index is -0.388. The number of unbranched alkanes of at least 4 members (excludes halogenated alkanes) is 1. The number of aromatic nitrogens is 1. The summed E-state index contributed by atoms with van der Waals surface area (Å²) in [6.45, 7) is 0.585. The number of benzene rings is 1. The molecule has 0 bridgehead atoms. The number of hydrogen-bond acceptors (Lipinski definition) is 4. The molecule has 1 aromatic carbocycles. The summed E-state index contributed by atoms with van der Waals surface area (Å²) in [5.74, 6) is 0.548. The summed E-state index contributed by atoms with van der Waals surface area (Å²) in [5.41, 5.74) is 1.70. The van der Waals surface area contributed by atoms with Crippen molar-refractivity contribution in [1.82, 2.24) is 10.3 Å². The molecule has 3 rings (SSSR count). The molecule has 2 heterocycles. The highest BCUT2D eigenvalue weighted by Gasteiger charge is 2.21. The number of carbonyl (C=O) groups is 1. The van der Waals surface area contributed by atoms with E-state index in [2.05, 4.69) is 10.3 Å². The van der Waals surface area contributed by atoms with Crippen molar-refractivity contribution < 1.29 is 14.6 Å². The van der Waals surface area contributed by atoms with Gasteiger partial charge in [0.1, 0.15) is 10.8 Å². The van der Waals surface area contributed by atoms with Gasteiger partial charge in [-0.15, -0.1) is 0 Å². The van der Waals surface area contributed by atoms with E-state index in [0.717, 1.165) is 17.6 Å². The quantitative estimate of drug-likeness (QED) is 0.551. The predicted molar refractivity (Wildman–Crippen MR) is 114 cm³/mol. The number of aromatic amines is 1. The number of hydrogen-bond donors (Lipinski definition) is 3. The zero-order valence-electron chi connectivity index (χ0n) is 15.7. The molecular weight excluding hydrogens is 415 g/mol. The lowest BCUT2D eigenvalue weighted by atomic mass is 9.99. The number of carbonyl (C=O) groups excluding carboxylic acids is 1. The molecule has 0 saturated carbocycles. The number of amides is 1. The van der Waals surface area contributed by atoms with Crippen LogP contribution in [0, 0.1) is 0 Å². The molecule has 1 aliphatic heterocycles. The monoisotopic (exact) mass is 436 g/mol. The smallest absolute Gasteiger partial charge is 0.267 e. The molecule has 154 valence electrons. The number of halogens is 2. The van der Waals surface area contributed by atoms with E-state index in [1.807, 2.05) is 12.1 Å². The third kappa shape index (κ3) is 5.63. The second-order valence-electron chi connectivity index (χ2n) is 6.77. The van der Waals surface area contributed by atoms with Gasteiger partial charge in [-0.2, -0.15) is 0 Å². The SMILES string of the molecule is O=C1CC[C@H](/C=C(\c2ccc(OCCCCO)c(Cl)c2)c2ccc(Cl)c(=O)[nH]2)N1. The fraction of sp³-hybridized carbons (Fsp3) is 0.333. The third-order valence-electron chi connectivity index (χ3n) is 4.60. The molecule has 0 aliphatic carbocycles. The van der Waals surface area contributed by atoms with E-state index in [1.165, 1.54) is 6.07 Å². The summed E-state index contributed by atoms with van der Waals surface area (Å²) in [6.07, 6.45) is 4.46. The van der Waals surface area contributed by atoms with Crippen LogP contribution in [0.15, 0.2) is 41.2 Å². The maximum Gasteiger partial charge on any atom is 0.267 e. The van der Waals surface area contributed by atoms with Crippen molar-refractivity contribution in [3.8, 4) is 5.75 Å². The first kappa shape index (κ1) is 21.4. The predicted octanol–water partition coefficient (Wildman–Crippen LogP) is 3.54. The maximum atomic E-state index is 12.0. The number of aliphatic hydroxyl groups excluding tert-OH is 1. The standard InChI is InChI=1S/C21H22Cl2N2O4/c22-16-5-6-18(25-21(16)28)15(12-14-4-8-20(27)24-14)13-3-7-19(17(23)11-13)29-10-2-1-9-26/h3,5-7,11-12,14,26H,1-2,4,8-10H2,(H,24,27)(H,25,28)/b15-12+/t14-/m1/s1. The molecule has 1 saturated heterocycles. The molecule has 0 spiro atoms. The lowest BCUT2D eigenvalue weighted by Gasteiger charge is -2.14. The van der Waals surface area contributed by atoms with E-state index >= 15 is 0 Å². The topological polar surface area (TPSA) is 91.4 Å². The van der Waals surface area contributed by atoms with Gasteiger partial charge >= 0.3 is 0 Å². The van der Waals surface area contributed by atoms with Crippen LogP contribution in [-0.4, -0.2) is 35.3 Å². The summed E-state index contributed by atoms with van der Waals surface area (Å²) in [7, 11) is 0. The lowest BCUT2D eigenvalue weighted by molar-refractivity contribution is -0.119. The second-order valence-corrected chi connectivity index (χ2v) is 7.58. The Morgan fingerprint density at radius 2 is 2.00 bits per heavy atom. The first-order valence-corrected chi connectivity index (χ1v) is 10.2. The van der Waals surface area contributed by atoms with Gasteiger partial charge in [0.25, 0.3) is 5.56 Å². The second kappa shape index (κ2) is 9.96. The van der Waals surface area contributed by atoms with Gasteiger partial charge in [0, 0.05) is 30.3 Å². The van der Waals surface area contributed by atoms with Crippen LogP contribution in [0.4, 0.5) is 0 Å². The molecule has 2 aromatic rings. The number of H-pyrrole nitrogens is 1. The van der Waals surface area contributed by atoms with E-state index < -0.39 is 0 Å². The van der Waals surface area contributed by atoms with Gasteiger partial charge in [-0.05, 0) is 49.1 Å². The van der Waals surface area contributed by atoms with Gasteiger partial charge in [-0.25, -0.2) is 0 Å². The molecule has 1 atom stereocenters. The third-order valence-corrected chi connectivity index (χ3v) is 5.19. The zero-order chi connectivity index (χ0) is 20.8. The van der Waals surface area contributed by atoms with Crippen molar-refractivity contribution >= 4 is 34.7 Å². The largest absolute Gasteiger partial charge is 0.492 e. The fourth-order valence-electron chi connectivity index (χ4n) is 3.10. The van der Waals surface area contributed by atoms with Crippen LogP contribution in [-0.2, 0) is 4.79 Å². The minimum absolute atomic E-state index is 0.000130. The van der Waals surface area contributed by atoms with Crippen molar-refractivity contribution in [3.63, 3.8) is 0 Å². The summed E-state index contributed by atoms with van der Waals surface area (Å²) < 4.78 is 5.67. The van der Waals surface area contributed by atoms with E-state index in [9.17, 15) is 9.59 Å². The summed E-state index contributed by atoms with van der Waals surface area (Å²) in [4.78, 5) is 26.4. The molecule has 1 amide bonds. The summed E-state index contributed by atoms with van der Waals surface area (Å²) >= 11 is 12.3. The normalized spacial score (nSPS) is 16.7. The molecule has 29 heavy (non-hydrogen) atoms. The Bertz CT molecular complexity index is 971. The average molecular weight is 437 g/mol. The van der Waals surface area contributed by atoms with Crippen LogP contribution < -0.4 is 15.6 Å². The van der Waals surface area contributed by atoms with Crippen LogP contribution >= 0.6 is 23.2 Å². The first-order chi connectivity index (χ1) is 14.0. The molecule has 1 aliphatic rings. The lowest BCUT2D eigenvalue weighted by Crippen LogP contribution is -2.23. The van der Waals surface area contributed by atoms with Crippen LogP contribution in [0.1, 0.15) is 36.9 Å². The molecule has 0 unspecified atom stereocenters. The Labute approximate surface area is 178 Å². The first-order valence-electron chi connectivity index (χ1n) is 9.42. The van der Waals surface area contributed by atoms with Gasteiger partial charge in [-0.1, -0.05) is 35.3 Å². The number of aliphatic hydroxyl groups is 1. The summed E-state index contributed by atoms with van der Waals surface area (Å²) in [6, 6.07) is 8.51. The Morgan fingerprint density at radius 3 is 2.66 bits per heavy atom. The van der Waals surface area contributed by atoms with Gasteiger partial charge in [0.05, 0.1) is 11.6 Å². The van der Waals surface area contributed by atoms with Crippen molar-refractivity contribution in [2.75, 3.05) is 13.2 Å². The molecule has 8 heteroatoms. The van der Waals surface area contributed by atoms with Crippen molar-refractivity contribution in [1.29, 1.82) is 0 Å². The maximum absolute atomic E-state index is 12.0. The van der Waals surface area contributed by atoms with Crippen LogP contribution in [0.3, 0.4) is 0 Å². The average Bonchev–Trinajstić information content (AvgIpc) is 3.11. The highest BCUT2D eigenvalue weighted by atomic mass is 35.5. The van der Waals surface area contributed by atoms with Crippen LogP contribution in [0.2, 0.25) is 10.0 Å². The Balaban J connectivity index is 1.92. The van der Waals surface area contributed by atoms with Crippen molar-refractivity contribution in [2.24, 2.45) is 0 Å². The summed E-state index contributed by atoms with van der Waals surface area (Å²) in [5, 5.41) is 12.3. The molecule has 6 nitrogen and oxygen atoms in total. The molecule has 1 fully saturated rings. The molecule has 3 N–H and O–H groups in total. The van der Waals surface area contributed by atoms with Crippen LogP contribution in [0.5, 0.6) is 5.75 Å². The van der Waals surface area contributed by atoms with E-state index in [4.69, 9.17) is 33.0 Å². The Morgan fingerprint density at radius 1 is 1.17 bits per heavy atom. The number of rotatable bonds is 8. The highest BCUT2D eigenvalue weighted by Crippen LogP contribution is 2.31. The van der Waals surface area contributed by atoms with E-state index in [-0.39, 0.29) is 29.1 Å². The molecule has 1 aromatic heterocycles. The Kier molecular flexibility index (Phi) is 7.36. The van der Waals surface area contributed by atoms with E-state index in [0.29, 0.717) is 42.3 Å². The Hall–Kier alpha value is -2.28. The fourth-order valence-corrected chi connectivity index (χ4v) is 3.45. The van der Waals surface area contributed by atoms with Gasteiger partial charge in [0.2, 0.25) is 5.91 Å². The van der Waals surface area contributed by atoms with Gasteiger partial charge in [-0.3, -0.25) is 9.59 Å². The zero-order valence-corrected chi connectivity index (χ0v) is 17.2. The van der Waals surface area contributed by atoms with Crippen molar-refractivity contribution in [3.05, 3.63) is 68.1 Å².